The van der Waals surface area contributed by atoms with Crippen molar-refractivity contribution in [2.75, 3.05) is 6.16 Å². The van der Waals surface area contributed by atoms with Crippen molar-refractivity contribution >= 4 is 14.0 Å². The van der Waals surface area contributed by atoms with Crippen molar-refractivity contribution in [3.63, 3.8) is 0 Å². The smallest absolute Gasteiger partial charge is 0.337 e. The van der Waals surface area contributed by atoms with E-state index in [2.05, 4.69) is 0 Å². The van der Waals surface area contributed by atoms with Gasteiger partial charge in [-0.2, -0.15) is 0 Å². The van der Waals surface area contributed by atoms with E-state index >= 15 is 0 Å². The highest BCUT2D eigenvalue weighted by Gasteiger charge is 2.41. The number of halogens is 2. The van der Waals surface area contributed by atoms with Gasteiger partial charge in [0.05, 0.1) is 0 Å². The maximum atomic E-state index is 14.6. The number of hydrogen-bond acceptors (Lipinski definition) is 2. The van der Waals surface area contributed by atoms with Gasteiger partial charge >= 0.3 is 5.97 Å². The lowest BCUT2D eigenvalue weighted by Crippen LogP contribution is -2.29. The highest BCUT2D eigenvalue weighted by atomic mass is 31.1. The Kier molecular flexibility index (Phi) is 13.1. The molecule has 0 aromatic heterocycles. The normalized spacial score (nSPS) is 13.2. The zero-order valence-corrected chi connectivity index (χ0v) is 18.2. The predicted molar refractivity (Wildman–Crippen MR) is 107 cm³/mol. The molecule has 7 heteroatoms. The van der Waals surface area contributed by atoms with E-state index in [1.165, 1.54) is 0 Å². The summed E-state index contributed by atoms with van der Waals surface area (Å²) in [6, 6.07) is 0. The number of carbonyl (C=O) groups is 1. The number of allylic oxidation sites excluding steroid dienone is 1. The molecule has 0 radical (unpaired) electrons. The van der Waals surface area contributed by atoms with Crippen LogP contribution in [0.25, 0.3) is 0 Å². The Morgan fingerprint density at radius 1 is 0.889 bits per heavy atom. The zero-order valence-electron chi connectivity index (χ0n) is 17.2. The summed E-state index contributed by atoms with van der Waals surface area (Å²) in [6.07, 6.45) is 6.39. The van der Waals surface area contributed by atoms with Crippen molar-refractivity contribution < 1.29 is 28.1 Å². The average molecular weight is 410 g/mol. The first-order valence-corrected chi connectivity index (χ1v) is 11.6. The van der Waals surface area contributed by atoms with Crippen molar-refractivity contribution in [3.8, 4) is 0 Å². The molecule has 1 unspecified atom stereocenters. The zero-order chi connectivity index (χ0) is 21.0. The van der Waals surface area contributed by atoms with Crippen molar-refractivity contribution in [1.29, 1.82) is 0 Å². The van der Waals surface area contributed by atoms with Crippen LogP contribution in [0.4, 0.5) is 8.78 Å². The van der Waals surface area contributed by atoms with Gasteiger partial charge in [0.15, 0.2) is 8.03 Å². The first-order chi connectivity index (χ1) is 12.5. The SMILES string of the molecule is CC(C)C(=C(C(=O)O)C(F)(F)CCCCCCCCCC[PH](=O)O)C(C)C. The summed E-state index contributed by atoms with van der Waals surface area (Å²) in [5.74, 6) is -5.28. The standard InChI is InChI=1S/C20H37F2O4P/c1-15(2)17(16(3)4)18(19(23)24)20(21,22)13-11-9-7-5-6-8-10-12-14-27(25)26/h15-16,27H,5-14H2,1-4H3,(H,23,24)(H,25,26). The number of unbranched alkanes of at least 4 members (excludes halogenated alkanes) is 7. The first-order valence-electron chi connectivity index (χ1n) is 10.1. The lowest BCUT2D eigenvalue weighted by molar-refractivity contribution is -0.136. The monoisotopic (exact) mass is 410 g/mol. The van der Waals surface area contributed by atoms with Crippen LogP contribution in [0.3, 0.4) is 0 Å². The van der Waals surface area contributed by atoms with Crippen LogP contribution in [0.2, 0.25) is 0 Å². The van der Waals surface area contributed by atoms with Gasteiger partial charge in [-0.3, -0.25) is 4.57 Å². The molecule has 4 nitrogen and oxygen atoms in total. The van der Waals surface area contributed by atoms with Gasteiger partial charge < -0.3 is 10.00 Å². The van der Waals surface area contributed by atoms with Gasteiger partial charge in [-0.05, 0) is 30.3 Å². The lowest BCUT2D eigenvalue weighted by Gasteiger charge is -2.25. The number of aliphatic carboxylic acids is 1. The fourth-order valence-electron chi connectivity index (χ4n) is 3.54. The Labute approximate surface area is 163 Å². The molecule has 0 saturated heterocycles. The highest BCUT2D eigenvalue weighted by Crippen LogP contribution is 2.37. The fourth-order valence-corrected chi connectivity index (χ4v) is 4.10. The predicted octanol–water partition coefficient (Wildman–Crippen LogP) is 6.29. The maximum Gasteiger partial charge on any atom is 0.337 e. The minimum absolute atomic E-state index is 0.230. The molecule has 160 valence electrons. The molecule has 0 fully saturated rings. The van der Waals surface area contributed by atoms with E-state index in [4.69, 9.17) is 4.89 Å². The van der Waals surface area contributed by atoms with Gasteiger partial charge in [0.25, 0.3) is 5.92 Å². The number of alkyl halides is 2. The molecule has 0 amide bonds. The minimum Gasteiger partial charge on any atom is -0.478 e. The third kappa shape index (κ3) is 11.0. The van der Waals surface area contributed by atoms with Gasteiger partial charge in [-0.1, -0.05) is 66.2 Å². The van der Waals surface area contributed by atoms with Crippen LogP contribution < -0.4 is 0 Å². The second kappa shape index (κ2) is 13.4. The average Bonchev–Trinajstić information content (AvgIpc) is 2.52. The summed E-state index contributed by atoms with van der Waals surface area (Å²) < 4.78 is 39.8. The molecule has 0 saturated carbocycles. The second-order valence-corrected chi connectivity index (χ2v) is 9.16. The molecule has 1 atom stereocenters. The maximum absolute atomic E-state index is 14.6. The Morgan fingerprint density at radius 3 is 1.67 bits per heavy atom. The van der Waals surface area contributed by atoms with E-state index in [1.54, 1.807) is 27.7 Å². The highest BCUT2D eigenvalue weighted by molar-refractivity contribution is 7.37. The quantitative estimate of drug-likeness (QED) is 0.189. The summed E-state index contributed by atoms with van der Waals surface area (Å²) in [5, 5.41) is 9.38. The molecule has 0 aromatic carbocycles. The largest absolute Gasteiger partial charge is 0.478 e. The summed E-state index contributed by atoms with van der Waals surface area (Å²) in [4.78, 5) is 20.3. The Hall–Kier alpha value is -0.740. The van der Waals surface area contributed by atoms with Gasteiger partial charge in [0.1, 0.15) is 5.57 Å². The summed E-state index contributed by atoms with van der Waals surface area (Å²) >= 11 is 0. The van der Waals surface area contributed by atoms with Crippen LogP contribution in [0, 0.1) is 11.8 Å². The molecular weight excluding hydrogens is 373 g/mol. The Bertz CT molecular complexity index is 492. The minimum atomic E-state index is -3.31. The third-order valence-corrected chi connectivity index (χ3v) is 5.53. The number of rotatable bonds is 15. The second-order valence-electron chi connectivity index (χ2n) is 7.87. The molecule has 0 aromatic rings. The topological polar surface area (TPSA) is 74.6 Å². The van der Waals surface area contributed by atoms with E-state index in [0.29, 0.717) is 24.6 Å². The van der Waals surface area contributed by atoms with Gasteiger partial charge in [-0.15, -0.1) is 0 Å². The van der Waals surface area contributed by atoms with Crippen LogP contribution in [0.5, 0.6) is 0 Å². The fraction of sp³-hybridized carbons (Fsp3) is 0.850. The van der Waals surface area contributed by atoms with Crippen LogP contribution in [-0.2, 0) is 9.36 Å². The van der Waals surface area contributed by atoms with E-state index in [0.717, 1.165) is 38.5 Å². The van der Waals surface area contributed by atoms with E-state index in [9.17, 15) is 23.2 Å². The van der Waals surface area contributed by atoms with Crippen molar-refractivity contribution in [2.45, 2.75) is 91.4 Å². The number of hydrogen-bond donors (Lipinski definition) is 2. The van der Waals surface area contributed by atoms with Crippen LogP contribution in [-0.4, -0.2) is 28.1 Å². The Morgan fingerprint density at radius 2 is 1.30 bits per heavy atom. The van der Waals surface area contributed by atoms with Crippen LogP contribution >= 0.6 is 8.03 Å². The molecular formula is C20H37F2O4P. The van der Waals surface area contributed by atoms with E-state index in [1.807, 2.05) is 0 Å². The van der Waals surface area contributed by atoms with Crippen molar-refractivity contribution in [1.82, 2.24) is 0 Å². The first kappa shape index (κ1) is 26.3. The van der Waals surface area contributed by atoms with E-state index in [-0.39, 0.29) is 11.8 Å². The molecule has 27 heavy (non-hydrogen) atoms. The van der Waals surface area contributed by atoms with Crippen molar-refractivity contribution in [3.05, 3.63) is 11.1 Å². The summed E-state index contributed by atoms with van der Waals surface area (Å²) in [7, 11) is -2.35. The molecule has 0 aliphatic rings. The molecule has 0 spiro atoms. The van der Waals surface area contributed by atoms with Crippen LogP contribution in [0.15, 0.2) is 11.1 Å². The third-order valence-electron chi connectivity index (χ3n) is 4.74. The number of carboxylic acid groups (broad SMARTS) is 1. The Balaban J connectivity index is 4.40. The molecule has 0 aliphatic carbocycles. The molecule has 0 bridgehead atoms. The molecule has 0 aliphatic heterocycles. The van der Waals surface area contributed by atoms with Gasteiger partial charge in [0, 0.05) is 12.6 Å². The van der Waals surface area contributed by atoms with E-state index < -0.39 is 31.9 Å². The molecule has 0 rings (SSSR count). The van der Waals surface area contributed by atoms with Crippen LogP contribution in [0.1, 0.15) is 85.5 Å². The van der Waals surface area contributed by atoms with Gasteiger partial charge in [0.2, 0.25) is 0 Å². The summed E-state index contributed by atoms with van der Waals surface area (Å²) in [5.41, 5.74) is -0.381. The molecule has 2 N–H and O–H groups in total. The molecule has 0 heterocycles. The van der Waals surface area contributed by atoms with Crippen molar-refractivity contribution in [2.24, 2.45) is 11.8 Å². The summed E-state index contributed by atoms with van der Waals surface area (Å²) in [6.45, 7) is 7.03. The number of carboxylic acids is 1. The lowest BCUT2D eigenvalue weighted by atomic mass is 9.84. The van der Waals surface area contributed by atoms with Gasteiger partial charge in [-0.25, -0.2) is 13.6 Å².